The number of hydrogen-bond acceptors (Lipinski definition) is 4. The summed E-state index contributed by atoms with van der Waals surface area (Å²) >= 11 is 0. The first-order chi connectivity index (χ1) is 7.90. The van der Waals surface area contributed by atoms with Gasteiger partial charge >= 0.3 is 0 Å². The van der Waals surface area contributed by atoms with Crippen LogP contribution in [-0.2, 0) is 17.7 Å². The van der Waals surface area contributed by atoms with E-state index in [1.807, 2.05) is 16.7 Å². The average Bonchev–Trinajstić information content (AvgIpc) is 2.75. The van der Waals surface area contributed by atoms with E-state index >= 15 is 0 Å². The Bertz CT molecular complexity index is 427. The predicted octanol–water partition coefficient (Wildman–Crippen LogP) is 0.910. The lowest BCUT2D eigenvalue weighted by Crippen LogP contribution is -2.08. The van der Waals surface area contributed by atoms with Gasteiger partial charge in [0.2, 0.25) is 0 Å². The molecule has 0 atom stereocenters. The lowest BCUT2D eigenvalue weighted by atomic mass is 10.2. The summed E-state index contributed by atoms with van der Waals surface area (Å²) in [5, 5.41) is 8.01. The van der Waals surface area contributed by atoms with Gasteiger partial charge in [0.25, 0.3) is 0 Å². The van der Waals surface area contributed by atoms with Crippen LogP contribution in [0.1, 0.15) is 11.4 Å². The molecule has 84 valence electrons. The van der Waals surface area contributed by atoms with E-state index in [9.17, 15) is 0 Å². The van der Waals surface area contributed by atoms with Crippen molar-refractivity contribution < 1.29 is 4.74 Å². The Balaban J connectivity index is 2.07. The van der Waals surface area contributed by atoms with Gasteiger partial charge in [-0.15, -0.1) is 10.2 Å². The van der Waals surface area contributed by atoms with Crippen molar-refractivity contribution in [2.45, 2.75) is 13.0 Å². The van der Waals surface area contributed by atoms with E-state index < -0.39 is 0 Å². The van der Waals surface area contributed by atoms with Crippen molar-refractivity contribution in [1.82, 2.24) is 19.7 Å². The van der Waals surface area contributed by atoms with Crippen LogP contribution in [0, 0.1) is 0 Å². The molecule has 0 fully saturated rings. The highest BCUT2D eigenvalue weighted by molar-refractivity contribution is 5.15. The maximum absolute atomic E-state index is 5.03. The summed E-state index contributed by atoms with van der Waals surface area (Å²) < 4.78 is 7.04. The van der Waals surface area contributed by atoms with Crippen molar-refractivity contribution >= 4 is 0 Å². The molecular weight excluding hydrogens is 204 g/mol. The topological polar surface area (TPSA) is 52.8 Å². The molecule has 0 bridgehead atoms. The van der Waals surface area contributed by atoms with Crippen LogP contribution in [-0.4, -0.2) is 33.5 Å². The molecule has 2 aromatic rings. The quantitative estimate of drug-likeness (QED) is 0.748. The molecule has 5 heteroatoms. The molecule has 0 saturated heterocycles. The predicted molar refractivity (Wildman–Crippen MR) is 58.9 cm³/mol. The van der Waals surface area contributed by atoms with E-state index in [1.165, 1.54) is 5.56 Å². The van der Waals surface area contributed by atoms with E-state index in [0.717, 1.165) is 18.8 Å². The highest BCUT2D eigenvalue weighted by atomic mass is 16.5. The van der Waals surface area contributed by atoms with Gasteiger partial charge < -0.3 is 9.30 Å². The van der Waals surface area contributed by atoms with Crippen molar-refractivity contribution in [1.29, 1.82) is 0 Å². The number of nitrogens with zero attached hydrogens (tertiary/aromatic N) is 4. The molecule has 2 aromatic heterocycles. The number of pyridine rings is 1. The van der Waals surface area contributed by atoms with Crippen LogP contribution in [0.3, 0.4) is 0 Å². The SMILES string of the molecule is COCCn1cnnc1Cc1ccncc1. The second kappa shape index (κ2) is 5.37. The van der Waals surface area contributed by atoms with Crippen LogP contribution < -0.4 is 0 Å². The third-order valence-corrected chi connectivity index (χ3v) is 2.34. The molecule has 2 heterocycles. The van der Waals surface area contributed by atoms with Crippen molar-refractivity contribution in [3.63, 3.8) is 0 Å². The van der Waals surface area contributed by atoms with Gasteiger partial charge in [-0.1, -0.05) is 0 Å². The summed E-state index contributed by atoms with van der Waals surface area (Å²) in [5.74, 6) is 0.947. The maximum Gasteiger partial charge on any atom is 0.137 e. The van der Waals surface area contributed by atoms with Crippen LogP contribution in [0.2, 0.25) is 0 Å². The van der Waals surface area contributed by atoms with Crippen LogP contribution in [0.25, 0.3) is 0 Å². The molecule has 0 amide bonds. The second-order valence-corrected chi connectivity index (χ2v) is 3.47. The number of rotatable bonds is 5. The zero-order chi connectivity index (χ0) is 11.2. The van der Waals surface area contributed by atoms with Crippen molar-refractivity contribution in [2.75, 3.05) is 13.7 Å². The van der Waals surface area contributed by atoms with E-state index in [-0.39, 0.29) is 0 Å². The molecule has 2 rings (SSSR count). The van der Waals surface area contributed by atoms with E-state index in [1.54, 1.807) is 25.8 Å². The first-order valence-corrected chi connectivity index (χ1v) is 5.14. The summed E-state index contributed by atoms with van der Waals surface area (Å²) in [5.41, 5.74) is 1.18. The van der Waals surface area contributed by atoms with Crippen LogP contribution in [0.15, 0.2) is 30.9 Å². The minimum absolute atomic E-state index is 0.668. The Morgan fingerprint density at radius 3 is 2.88 bits per heavy atom. The smallest absolute Gasteiger partial charge is 0.137 e. The fraction of sp³-hybridized carbons (Fsp3) is 0.364. The van der Waals surface area contributed by atoms with Gasteiger partial charge in [0.05, 0.1) is 6.61 Å². The van der Waals surface area contributed by atoms with Gasteiger partial charge in [0.1, 0.15) is 12.2 Å². The monoisotopic (exact) mass is 218 g/mol. The van der Waals surface area contributed by atoms with E-state index in [2.05, 4.69) is 15.2 Å². The molecule has 0 aliphatic heterocycles. The van der Waals surface area contributed by atoms with Crippen LogP contribution in [0.4, 0.5) is 0 Å². The van der Waals surface area contributed by atoms with Crippen LogP contribution >= 0.6 is 0 Å². The Morgan fingerprint density at radius 1 is 1.31 bits per heavy atom. The lowest BCUT2D eigenvalue weighted by Gasteiger charge is -2.05. The molecule has 0 aliphatic carbocycles. The summed E-state index contributed by atoms with van der Waals surface area (Å²) in [4.78, 5) is 3.98. The summed E-state index contributed by atoms with van der Waals surface area (Å²) in [6.07, 6.45) is 6.07. The van der Waals surface area contributed by atoms with Gasteiger partial charge in [0.15, 0.2) is 0 Å². The Labute approximate surface area is 94.1 Å². The minimum Gasteiger partial charge on any atom is -0.383 e. The van der Waals surface area contributed by atoms with Gasteiger partial charge in [0, 0.05) is 32.5 Å². The Morgan fingerprint density at radius 2 is 2.12 bits per heavy atom. The number of aromatic nitrogens is 4. The zero-order valence-electron chi connectivity index (χ0n) is 9.21. The molecular formula is C11H14N4O. The third kappa shape index (κ3) is 2.64. The first-order valence-electron chi connectivity index (χ1n) is 5.14. The third-order valence-electron chi connectivity index (χ3n) is 2.34. The van der Waals surface area contributed by atoms with Crippen molar-refractivity contribution in [3.8, 4) is 0 Å². The fourth-order valence-electron chi connectivity index (χ4n) is 1.48. The number of hydrogen-bond donors (Lipinski definition) is 0. The summed E-state index contributed by atoms with van der Waals surface area (Å²) in [6, 6.07) is 3.96. The fourth-order valence-corrected chi connectivity index (χ4v) is 1.48. The molecule has 0 aromatic carbocycles. The van der Waals surface area contributed by atoms with Crippen LogP contribution in [0.5, 0.6) is 0 Å². The standard InChI is InChI=1S/C11H14N4O/c1-16-7-6-15-9-13-14-11(15)8-10-2-4-12-5-3-10/h2-5,9H,6-8H2,1H3. The van der Waals surface area contributed by atoms with Gasteiger partial charge in [-0.2, -0.15) is 0 Å². The summed E-state index contributed by atoms with van der Waals surface area (Å²) in [7, 11) is 1.69. The molecule has 5 nitrogen and oxygen atoms in total. The Kier molecular flexibility index (Phi) is 3.61. The molecule has 0 saturated carbocycles. The first kappa shape index (κ1) is 10.8. The molecule has 0 spiro atoms. The van der Waals surface area contributed by atoms with Gasteiger partial charge in [-0.3, -0.25) is 4.98 Å². The van der Waals surface area contributed by atoms with E-state index in [4.69, 9.17) is 4.74 Å². The molecule has 0 N–H and O–H groups in total. The van der Waals surface area contributed by atoms with E-state index in [0.29, 0.717) is 6.61 Å². The summed E-state index contributed by atoms with van der Waals surface area (Å²) in [6.45, 7) is 1.45. The molecule has 16 heavy (non-hydrogen) atoms. The highest BCUT2D eigenvalue weighted by Crippen LogP contribution is 2.05. The average molecular weight is 218 g/mol. The van der Waals surface area contributed by atoms with Crippen molar-refractivity contribution in [3.05, 3.63) is 42.2 Å². The lowest BCUT2D eigenvalue weighted by molar-refractivity contribution is 0.186. The van der Waals surface area contributed by atoms with Crippen molar-refractivity contribution in [2.24, 2.45) is 0 Å². The normalized spacial score (nSPS) is 10.6. The number of ether oxygens (including phenoxy) is 1. The minimum atomic E-state index is 0.668. The Hall–Kier alpha value is -1.75. The highest BCUT2D eigenvalue weighted by Gasteiger charge is 2.04. The zero-order valence-corrected chi connectivity index (χ0v) is 9.21. The largest absolute Gasteiger partial charge is 0.383 e. The maximum atomic E-state index is 5.03. The number of methoxy groups -OCH3 is 1. The van der Waals surface area contributed by atoms with Gasteiger partial charge in [-0.25, -0.2) is 0 Å². The molecule has 0 radical (unpaired) electrons. The van der Waals surface area contributed by atoms with Gasteiger partial charge in [-0.05, 0) is 17.7 Å². The second-order valence-electron chi connectivity index (χ2n) is 3.47. The molecule has 0 aliphatic rings. The molecule has 0 unspecified atom stereocenters.